The fourth-order valence-electron chi connectivity index (χ4n) is 4.20. The van der Waals surface area contributed by atoms with E-state index in [1.165, 1.54) is 35.5 Å². The van der Waals surface area contributed by atoms with Gasteiger partial charge in [0, 0.05) is 36.9 Å². The Bertz CT molecular complexity index is 1330. The predicted molar refractivity (Wildman–Crippen MR) is 128 cm³/mol. The van der Waals surface area contributed by atoms with Gasteiger partial charge in [-0.25, -0.2) is 23.1 Å². The van der Waals surface area contributed by atoms with Gasteiger partial charge in [-0.15, -0.1) is 5.10 Å². The molecule has 0 saturated heterocycles. The first-order valence-corrected chi connectivity index (χ1v) is 11.6. The van der Waals surface area contributed by atoms with E-state index < -0.39 is 22.2 Å². The van der Waals surface area contributed by atoms with Gasteiger partial charge in [0.25, 0.3) is 5.69 Å². The molecule has 1 atom stereocenters. The van der Waals surface area contributed by atoms with E-state index in [4.69, 9.17) is 0 Å². The highest BCUT2D eigenvalue weighted by Gasteiger charge is 2.35. The lowest BCUT2D eigenvalue weighted by atomic mass is 9.92. The summed E-state index contributed by atoms with van der Waals surface area (Å²) < 4.78 is 31.4. The van der Waals surface area contributed by atoms with E-state index in [1.54, 1.807) is 23.0 Å². The second-order valence-corrected chi connectivity index (χ2v) is 8.79. The molecule has 11 nitrogen and oxygen atoms in total. The highest BCUT2D eigenvalue weighted by Crippen LogP contribution is 2.28. The summed E-state index contributed by atoms with van der Waals surface area (Å²) in [6, 6.07) is 9.27. The molecular formula is C24H26F2N8O3. The lowest BCUT2D eigenvalue weighted by Crippen LogP contribution is -2.44. The summed E-state index contributed by atoms with van der Waals surface area (Å²) in [7, 11) is 0. The van der Waals surface area contributed by atoms with E-state index in [2.05, 4.69) is 20.4 Å². The van der Waals surface area contributed by atoms with Gasteiger partial charge in [0.15, 0.2) is 0 Å². The number of aliphatic hydroxyl groups is 1. The van der Waals surface area contributed by atoms with E-state index in [9.17, 15) is 24.0 Å². The molecule has 194 valence electrons. The van der Waals surface area contributed by atoms with Gasteiger partial charge in [0.1, 0.15) is 29.9 Å². The average Bonchev–Trinajstić information content (AvgIpc) is 3.51. The van der Waals surface area contributed by atoms with Gasteiger partial charge in [-0.05, 0) is 24.6 Å². The van der Waals surface area contributed by atoms with Crippen LogP contribution in [0.3, 0.4) is 0 Å². The van der Waals surface area contributed by atoms with Crippen molar-refractivity contribution in [2.24, 2.45) is 0 Å². The van der Waals surface area contributed by atoms with Crippen LogP contribution in [-0.2, 0) is 25.2 Å². The topological polar surface area (TPSA) is 128 Å². The molecule has 0 bridgehead atoms. The summed E-state index contributed by atoms with van der Waals surface area (Å²) in [6.45, 7) is 3.15. The molecule has 2 aromatic heterocycles. The fourth-order valence-corrected chi connectivity index (χ4v) is 4.20. The van der Waals surface area contributed by atoms with E-state index in [0.717, 1.165) is 24.1 Å². The lowest BCUT2D eigenvalue weighted by Gasteiger charge is -2.34. The zero-order valence-electron chi connectivity index (χ0n) is 20.1. The normalized spacial score (nSPS) is 13.1. The minimum absolute atomic E-state index is 0.00853. The Morgan fingerprint density at radius 1 is 1.16 bits per heavy atom. The Kier molecular flexibility index (Phi) is 7.94. The van der Waals surface area contributed by atoms with Gasteiger partial charge in [0.05, 0.1) is 29.9 Å². The van der Waals surface area contributed by atoms with Crippen molar-refractivity contribution in [3.8, 4) is 0 Å². The molecule has 4 rings (SSSR count). The number of benzene rings is 2. The van der Waals surface area contributed by atoms with E-state index in [-0.39, 0.29) is 24.3 Å². The standard InChI is InChI=1S/C24H26F2N8O3/c1-2-9-31(12-20-13-32(30-29-20)11-18-3-6-21(7-4-18)34(36)37)14-24(35,15-33-17-27-16-28-33)22-8-5-19(25)10-23(22)26/h3-8,10,13,16-17,35H,2,9,11-12,14-15H2,1H3. The molecule has 4 aromatic rings. The van der Waals surface area contributed by atoms with Gasteiger partial charge in [0.2, 0.25) is 0 Å². The highest BCUT2D eigenvalue weighted by atomic mass is 19.1. The molecule has 0 fully saturated rings. The maximum absolute atomic E-state index is 14.8. The quantitative estimate of drug-likeness (QED) is 0.227. The Hall–Kier alpha value is -4.10. The molecule has 0 amide bonds. The van der Waals surface area contributed by atoms with Crippen molar-refractivity contribution in [2.75, 3.05) is 13.1 Å². The second-order valence-electron chi connectivity index (χ2n) is 8.79. The van der Waals surface area contributed by atoms with Crippen LogP contribution in [-0.4, -0.2) is 57.8 Å². The molecule has 0 aliphatic carbocycles. The number of nitro benzene ring substituents is 1. The minimum Gasteiger partial charge on any atom is -0.382 e. The van der Waals surface area contributed by atoms with Crippen LogP contribution in [0.15, 0.2) is 61.3 Å². The van der Waals surface area contributed by atoms with E-state index in [0.29, 0.717) is 25.3 Å². The number of hydrogen-bond donors (Lipinski definition) is 1. The van der Waals surface area contributed by atoms with E-state index >= 15 is 0 Å². The van der Waals surface area contributed by atoms with Crippen molar-refractivity contribution in [1.82, 2.24) is 34.7 Å². The van der Waals surface area contributed by atoms with Gasteiger partial charge >= 0.3 is 0 Å². The molecular weight excluding hydrogens is 486 g/mol. The third kappa shape index (κ3) is 6.57. The molecule has 2 heterocycles. The summed E-state index contributed by atoms with van der Waals surface area (Å²) in [5, 5.41) is 34.9. The van der Waals surface area contributed by atoms with Crippen molar-refractivity contribution in [3.05, 3.63) is 99.9 Å². The third-order valence-electron chi connectivity index (χ3n) is 5.81. The first kappa shape index (κ1) is 26.0. The maximum Gasteiger partial charge on any atom is 0.269 e. The van der Waals surface area contributed by atoms with Gasteiger partial charge in [-0.3, -0.25) is 15.0 Å². The van der Waals surface area contributed by atoms with Crippen LogP contribution in [0, 0.1) is 21.7 Å². The monoisotopic (exact) mass is 512 g/mol. The SMILES string of the molecule is CCCN(Cc1cn(Cc2ccc([N+](=O)[O-])cc2)nn1)CC(O)(Cn1cncn1)c1ccc(F)cc1F. The number of aromatic nitrogens is 6. The number of rotatable bonds is 12. The van der Waals surface area contributed by atoms with Crippen LogP contribution in [0.25, 0.3) is 0 Å². The number of hydrogen-bond acceptors (Lipinski definition) is 8. The fraction of sp³-hybridized carbons (Fsp3) is 0.333. The molecule has 0 aliphatic rings. The molecule has 0 spiro atoms. The van der Waals surface area contributed by atoms with Crippen LogP contribution in [0.4, 0.5) is 14.5 Å². The Balaban J connectivity index is 1.52. The second kappa shape index (κ2) is 11.3. The van der Waals surface area contributed by atoms with Gasteiger partial charge in [-0.2, -0.15) is 5.10 Å². The van der Waals surface area contributed by atoms with Gasteiger partial charge in [-0.1, -0.05) is 30.3 Å². The molecule has 37 heavy (non-hydrogen) atoms. The Morgan fingerprint density at radius 3 is 2.59 bits per heavy atom. The molecule has 0 aliphatic heterocycles. The Labute approximate surface area is 211 Å². The smallest absolute Gasteiger partial charge is 0.269 e. The molecule has 0 saturated carbocycles. The Morgan fingerprint density at radius 2 is 1.95 bits per heavy atom. The maximum atomic E-state index is 14.8. The molecule has 13 heteroatoms. The van der Waals surface area contributed by atoms with Crippen LogP contribution < -0.4 is 0 Å². The van der Waals surface area contributed by atoms with Crippen molar-refractivity contribution in [3.63, 3.8) is 0 Å². The van der Waals surface area contributed by atoms with Crippen molar-refractivity contribution >= 4 is 5.69 Å². The largest absolute Gasteiger partial charge is 0.382 e. The van der Waals surface area contributed by atoms with Crippen LogP contribution in [0.2, 0.25) is 0 Å². The summed E-state index contributed by atoms with van der Waals surface area (Å²) in [6.07, 6.45) is 5.23. The molecule has 1 N–H and O–H groups in total. The number of non-ortho nitro benzene ring substituents is 1. The van der Waals surface area contributed by atoms with Gasteiger partial charge < -0.3 is 5.11 Å². The number of nitrogens with zero attached hydrogens (tertiary/aromatic N) is 8. The zero-order valence-corrected chi connectivity index (χ0v) is 20.1. The average molecular weight is 513 g/mol. The van der Waals surface area contributed by atoms with Crippen molar-refractivity contribution in [2.45, 2.75) is 38.6 Å². The first-order valence-electron chi connectivity index (χ1n) is 11.6. The molecule has 2 aromatic carbocycles. The van der Waals surface area contributed by atoms with Crippen LogP contribution in [0.5, 0.6) is 0 Å². The van der Waals surface area contributed by atoms with Crippen molar-refractivity contribution in [1.29, 1.82) is 0 Å². The van der Waals surface area contributed by atoms with Crippen LogP contribution in [0.1, 0.15) is 30.2 Å². The minimum atomic E-state index is -1.74. The summed E-state index contributed by atoms with van der Waals surface area (Å²) in [4.78, 5) is 16.2. The summed E-state index contributed by atoms with van der Waals surface area (Å²) >= 11 is 0. The summed E-state index contributed by atoms with van der Waals surface area (Å²) in [5.41, 5.74) is -0.337. The number of nitro groups is 1. The van der Waals surface area contributed by atoms with Crippen molar-refractivity contribution < 1.29 is 18.8 Å². The molecule has 1 unspecified atom stereocenters. The zero-order chi connectivity index (χ0) is 26.4. The van der Waals surface area contributed by atoms with Crippen LogP contribution >= 0.6 is 0 Å². The molecule has 0 radical (unpaired) electrons. The first-order chi connectivity index (χ1) is 17.8. The lowest BCUT2D eigenvalue weighted by molar-refractivity contribution is -0.384. The number of halogens is 2. The third-order valence-corrected chi connectivity index (χ3v) is 5.81. The summed E-state index contributed by atoms with van der Waals surface area (Å²) in [5.74, 6) is -1.59. The predicted octanol–water partition coefficient (Wildman–Crippen LogP) is 2.90. The highest BCUT2D eigenvalue weighted by molar-refractivity contribution is 5.33. The van der Waals surface area contributed by atoms with E-state index in [1.807, 2.05) is 11.8 Å².